The van der Waals surface area contributed by atoms with E-state index in [1.807, 2.05) is 35.2 Å². The topological polar surface area (TPSA) is 71.5 Å². The first-order valence-electron chi connectivity index (χ1n) is 9.87. The van der Waals surface area contributed by atoms with Gasteiger partial charge in [0.25, 0.3) is 5.91 Å². The number of amides is 2. The molecule has 1 saturated heterocycles. The van der Waals surface area contributed by atoms with E-state index in [1.165, 1.54) is 4.70 Å². The maximum Gasteiger partial charge on any atom is 0.266 e. The number of hydrogen-bond acceptors (Lipinski definition) is 5. The largest absolute Gasteiger partial charge is 0.478 e. The van der Waals surface area contributed by atoms with Crippen LogP contribution < -0.4 is 10.1 Å². The Labute approximate surface area is 172 Å². The minimum absolute atomic E-state index is 0.0349. The van der Waals surface area contributed by atoms with Gasteiger partial charge in [-0.25, -0.2) is 4.98 Å². The van der Waals surface area contributed by atoms with E-state index in [0.29, 0.717) is 30.4 Å². The summed E-state index contributed by atoms with van der Waals surface area (Å²) < 4.78 is 6.97. The Hall–Kier alpha value is -2.93. The lowest BCUT2D eigenvalue weighted by Crippen LogP contribution is -2.44. The summed E-state index contributed by atoms with van der Waals surface area (Å²) in [4.78, 5) is 31.7. The van der Waals surface area contributed by atoms with Crippen LogP contribution in [0.25, 0.3) is 10.2 Å². The molecule has 0 bridgehead atoms. The summed E-state index contributed by atoms with van der Waals surface area (Å²) in [6, 6.07) is 15.5. The molecule has 7 heteroatoms. The summed E-state index contributed by atoms with van der Waals surface area (Å²) in [5.41, 5.74) is 1.70. The van der Waals surface area contributed by atoms with Crippen LogP contribution >= 0.6 is 11.3 Å². The van der Waals surface area contributed by atoms with Crippen LogP contribution in [0.1, 0.15) is 30.2 Å². The minimum Gasteiger partial charge on any atom is -0.478 e. The van der Waals surface area contributed by atoms with Gasteiger partial charge in [-0.15, -0.1) is 11.3 Å². The van der Waals surface area contributed by atoms with E-state index >= 15 is 0 Å². The van der Waals surface area contributed by atoms with Crippen molar-refractivity contribution in [2.45, 2.75) is 31.3 Å². The monoisotopic (exact) mass is 407 g/mol. The molecular formula is C22H21N3O3S. The van der Waals surface area contributed by atoms with Crippen molar-refractivity contribution >= 4 is 39.1 Å². The quantitative estimate of drug-likeness (QED) is 0.717. The van der Waals surface area contributed by atoms with E-state index in [1.54, 1.807) is 23.5 Å². The van der Waals surface area contributed by atoms with Gasteiger partial charge in [-0.2, -0.15) is 0 Å². The molecule has 0 radical (unpaired) electrons. The van der Waals surface area contributed by atoms with Crippen molar-refractivity contribution in [2.24, 2.45) is 0 Å². The summed E-state index contributed by atoms with van der Waals surface area (Å²) in [6.07, 6.45) is 1.07. The number of carbonyl (C=O) groups is 2. The summed E-state index contributed by atoms with van der Waals surface area (Å²) in [5, 5.41) is 3.98. The average Bonchev–Trinajstić information content (AvgIpc) is 3.19. The second-order valence-electron chi connectivity index (χ2n) is 7.47. The first-order chi connectivity index (χ1) is 14.2. The zero-order valence-corrected chi connectivity index (χ0v) is 16.7. The number of para-hydroxylation sites is 3. The fourth-order valence-electron chi connectivity index (χ4n) is 3.96. The number of anilines is 1. The van der Waals surface area contributed by atoms with Gasteiger partial charge in [0.05, 0.1) is 27.3 Å². The SMILES string of the molecule is O=C1Nc2ccccc2O[C@@H]1CC(=O)N1CCC(c2nc3ccccc3s2)CC1. The first-order valence-corrected chi connectivity index (χ1v) is 10.7. The van der Waals surface area contributed by atoms with Crippen molar-refractivity contribution in [3.05, 3.63) is 53.5 Å². The second-order valence-corrected chi connectivity index (χ2v) is 8.53. The lowest BCUT2D eigenvalue weighted by molar-refractivity contribution is -0.137. The number of likely N-dealkylation sites (tertiary alicyclic amines) is 1. The highest BCUT2D eigenvalue weighted by Crippen LogP contribution is 2.34. The highest BCUT2D eigenvalue weighted by molar-refractivity contribution is 7.18. The molecule has 0 saturated carbocycles. The maximum absolute atomic E-state index is 12.8. The van der Waals surface area contributed by atoms with Gasteiger partial charge in [-0.05, 0) is 37.1 Å². The van der Waals surface area contributed by atoms with E-state index in [4.69, 9.17) is 9.72 Å². The third-order valence-electron chi connectivity index (χ3n) is 5.57. The molecule has 0 spiro atoms. The molecule has 5 rings (SSSR count). The molecule has 1 aromatic heterocycles. The Morgan fingerprint density at radius 2 is 1.90 bits per heavy atom. The number of fused-ring (bicyclic) bond motifs is 2. The van der Waals surface area contributed by atoms with Gasteiger partial charge in [-0.1, -0.05) is 24.3 Å². The predicted octanol–water partition coefficient (Wildman–Crippen LogP) is 3.79. The maximum atomic E-state index is 12.8. The molecule has 2 aliphatic heterocycles. The number of carbonyl (C=O) groups excluding carboxylic acids is 2. The Kier molecular flexibility index (Phi) is 4.67. The molecular weight excluding hydrogens is 386 g/mol. The van der Waals surface area contributed by atoms with Gasteiger partial charge >= 0.3 is 0 Å². The van der Waals surface area contributed by atoms with Crippen molar-refractivity contribution in [1.29, 1.82) is 0 Å². The molecule has 1 atom stereocenters. The minimum atomic E-state index is -0.778. The fourth-order valence-corrected chi connectivity index (χ4v) is 5.09. The zero-order chi connectivity index (χ0) is 19.8. The molecule has 3 aromatic rings. The summed E-state index contributed by atoms with van der Waals surface area (Å²) >= 11 is 1.75. The van der Waals surface area contributed by atoms with Gasteiger partial charge in [-0.3, -0.25) is 9.59 Å². The Balaban J connectivity index is 1.20. The van der Waals surface area contributed by atoms with Gasteiger partial charge in [0.15, 0.2) is 6.10 Å². The van der Waals surface area contributed by atoms with E-state index in [0.717, 1.165) is 23.4 Å². The van der Waals surface area contributed by atoms with Crippen molar-refractivity contribution in [1.82, 2.24) is 9.88 Å². The second kappa shape index (κ2) is 7.48. The molecule has 3 heterocycles. The third kappa shape index (κ3) is 3.58. The van der Waals surface area contributed by atoms with Crippen LogP contribution in [0.15, 0.2) is 48.5 Å². The van der Waals surface area contributed by atoms with Crippen LogP contribution in [0, 0.1) is 0 Å². The van der Waals surface area contributed by atoms with Crippen molar-refractivity contribution in [3.63, 3.8) is 0 Å². The van der Waals surface area contributed by atoms with E-state index < -0.39 is 6.10 Å². The molecule has 6 nitrogen and oxygen atoms in total. The predicted molar refractivity (Wildman–Crippen MR) is 112 cm³/mol. The van der Waals surface area contributed by atoms with Crippen molar-refractivity contribution in [2.75, 3.05) is 18.4 Å². The number of rotatable bonds is 3. The molecule has 1 fully saturated rings. The lowest BCUT2D eigenvalue weighted by atomic mass is 9.97. The molecule has 0 aliphatic carbocycles. The van der Waals surface area contributed by atoms with E-state index in [2.05, 4.69) is 11.4 Å². The van der Waals surface area contributed by atoms with E-state index in [-0.39, 0.29) is 18.2 Å². The van der Waals surface area contributed by atoms with Gasteiger partial charge in [0, 0.05) is 19.0 Å². The fraction of sp³-hybridized carbons (Fsp3) is 0.318. The van der Waals surface area contributed by atoms with Crippen molar-refractivity contribution < 1.29 is 14.3 Å². The van der Waals surface area contributed by atoms with Crippen LogP contribution in [-0.2, 0) is 9.59 Å². The summed E-state index contributed by atoms with van der Waals surface area (Å²) in [7, 11) is 0. The molecule has 1 N–H and O–H groups in total. The van der Waals surface area contributed by atoms with E-state index in [9.17, 15) is 9.59 Å². The zero-order valence-electron chi connectivity index (χ0n) is 15.8. The number of thiazole rings is 1. The van der Waals surface area contributed by atoms with Crippen molar-refractivity contribution in [3.8, 4) is 5.75 Å². The number of piperidine rings is 1. The van der Waals surface area contributed by atoms with Crippen LogP contribution in [0.2, 0.25) is 0 Å². The Morgan fingerprint density at radius 1 is 1.14 bits per heavy atom. The molecule has 2 aliphatic rings. The standard InChI is InChI=1S/C22H21N3O3S/c26-20(13-18-21(27)23-15-5-1-3-7-17(15)28-18)25-11-9-14(10-12-25)22-24-16-6-2-4-8-19(16)29-22/h1-8,14,18H,9-13H2,(H,23,27)/t18-/m1/s1. The first kappa shape index (κ1) is 18.1. The summed E-state index contributed by atoms with van der Waals surface area (Å²) in [6.45, 7) is 1.37. The van der Waals surface area contributed by atoms with Gasteiger partial charge < -0.3 is 15.0 Å². The number of ether oxygens (including phenoxy) is 1. The highest BCUT2D eigenvalue weighted by Gasteiger charge is 2.33. The Bertz CT molecular complexity index is 1040. The Morgan fingerprint density at radius 3 is 2.72 bits per heavy atom. The number of nitrogens with zero attached hydrogens (tertiary/aromatic N) is 2. The molecule has 148 valence electrons. The molecule has 29 heavy (non-hydrogen) atoms. The molecule has 2 amide bonds. The number of hydrogen-bond donors (Lipinski definition) is 1. The smallest absolute Gasteiger partial charge is 0.266 e. The summed E-state index contributed by atoms with van der Waals surface area (Å²) in [5.74, 6) is 0.700. The van der Waals surface area contributed by atoms with Crippen LogP contribution in [0.3, 0.4) is 0 Å². The van der Waals surface area contributed by atoms with Crippen LogP contribution in [0.4, 0.5) is 5.69 Å². The lowest BCUT2D eigenvalue weighted by Gasteiger charge is -2.33. The number of benzene rings is 2. The molecule has 2 aromatic carbocycles. The van der Waals surface area contributed by atoms with Crippen LogP contribution in [-0.4, -0.2) is 40.9 Å². The van der Waals surface area contributed by atoms with Gasteiger partial charge in [0.1, 0.15) is 5.75 Å². The third-order valence-corrected chi connectivity index (χ3v) is 6.77. The normalized spacial score (nSPS) is 19.5. The van der Waals surface area contributed by atoms with Crippen LogP contribution in [0.5, 0.6) is 5.75 Å². The average molecular weight is 407 g/mol. The number of nitrogens with one attached hydrogen (secondary N) is 1. The highest BCUT2D eigenvalue weighted by atomic mass is 32.1. The number of aromatic nitrogens is 1. The molecule has 0 unspecified atom stereocenters. The van der Waals surface area contributed by atoms with Gasteiger partial charge in [0.2, 0.25) is 5.91 Å².